The van der Waals surface area contributed by atoms with Gasteiger partial charge in [-0.15, -0.1) is 0 Å². The van der Waals surface area contributed by atoms with Crippen molar-refractivity contribution in [2.45, 2.75) is 45.2 Å². The lowest BCUT2D eigenvalue weighted by Crippen LogP contribution is -2.24. The standard InChI is InChI=1S/C25H29FN4O/c1-18-11-20(12-19-5-3-6-22(26)13-19)14-23(29-18)24-7-4-9-30(24)17-21-15-27-25(28-16-21)8-10-31-2/h3,5-6,11,13-16,24H,4,7-10,12,17H2,1-2H3/t24-/m0/s1. The molecular formula is C25H29FN4O. The van der Waals surface area contributed by atoms with Crippen molar-refractivity contribution >= 4 is 0 Å². The van der Waals surface area contributed by atoms with E-state index >= 15 is 0 Å². The van der Waals surface area contributed by atoms with E-state index < -0.39 is 0 Å². The molecule has 0 aliphatic carbocycles. The molecule has 3 heterocycles. The maximum Gasteiger partial charge on any atom is 0.130 e. The van der Waals surface area contributed by atoms with E-state index in [0.717, 1.165) is 60.7 Å². The zero-order chi connectivity index (χ0) is 21.6. The molecule has 0 bridgehead atoms. The Morgan fingerprint density at radius 3 is 2.71 bits per heavy atom. The van der Waals surface area contributed by atoms with Gasteiger partial charge in [0.25, 0.3) is 0 Å². The second-order valence-corrected chi connectivity index (χ2v) is 8.23. The Labute approximate surface area is 183 Å². The number of aryl methyl sites for hydroxylation is 1. The first-order valence-corrected chi connectivity index (χ1v) is 10.9. The van der Waals surface area contributed by atoms with Crippen LogP contribution in [-0.4, -0.2) is 40.1 Å². The summed E-state index contributed by atoms with van der Waals surface area (Å²) in [4.78, 5) is 16.3. The zero-order valence-electron chi connectivity index (χ0n) is 18.2. The Morgan fingerprint density at radius 1 is 1.10 bits per heavy atom. The van der Waals surface area contributed by atoms with Gasteiger partial charge in [-0.05, 0) is 68.1 Å². The summed E-state index contributed by atoms with van der Waals surface area (Å²) in [7, 11) is 1.69. The van der Waals surface area contributed by atoms with Gasteiger partial charge in [0.05, 0.1) is 18.3 Å². The molecule has 0 saturated carbocycles. The molecule has 31 heavy (non-hydrogen) atoms. The third-order valence-corrected chi connectivity index (χ3v) is 5.71. The lowest BCUT2D eigenvalue weighted by Gasteiger charge is -2.24. The SMILES string of the molecule is COCCc1ncc(CN2CCC[C@H]2c2cc(Cc3cccc(F)c3)cc(C)n2)cn1. The van der Waals surface area contributed by atoms with Crippen molar-refractivity contribution in [3.05, 3.63) is 88.5 Å². The number of rotatable bonds is 8. The molecule has 6 heteroatoms. The van der Waals surface area contributed by atoms with Crippen LogP contribution >= 0.6 is 0 Å². The van der Waals surface area contributed by atoms with E-state index in [9.17, 15) is 4.39 Å². The normalized spacial score (nSPS) is 16.7. The molecule has 1 atom stereocenters. The second-order valence-electron chi connectivity index (χ2n) is 8.23. The van der Waals surface area contributed by atoms with Crippen LogP contribution in [-0.2, 0) is 24.1 Å². The minimum Gasteiger partial charge on any atom is -0.384 e. The van der Waals surface area contributed by atoms with Crippen molar-refractivity contribution in [1.29, 1.82) is 0 Å². The first kappa shape index (κ1) is 21.5. The van der Waals surface area contributed by atoms with Gasteiger partial charge in [-0.1, -0.05) is 12.1 Å². The van der Waals surface area contributed by atoms with Gasteiger partial charge in [-0.2, -0.15) is 0 Å². The molecule has 1 fully saturated rings. The predicted octanol–water partition coefficient (Wildman–Crippen LogP) is 4.44. The Bertz CT molecular complexity index is 1010. The van der Waals surface area contributed by atoms with Crippen molar-refractivity contribution in [1.82, 2.24) is 19.9 Å². The average Bonchev–Trinajstić information content (AvgIpc) is 3.21. The molecule has 0 radical (unpaired) electrons. The van der Waals surface area contributed by atoms with Crippen LogP contribution in [0.1, 0.15) is 52.8 Å². The van der Waals surface area contributed by atoms with Gasteiger partial charge in [0.2, 0.25) is 0 Å². The minimum atomic E-state index is -0.194. The molecule has 0 amide bonds. The predicted molar refractivity (Wildman–Crippen MR) is 118 cm³/mol. The Kier molecular flexibility index (Phi) is 6.99. The van der Waals surface area contributed by atoms with Gasteiger partial charge < -0.3 is 4.74 Å². The van der Waals surface area contributed by atoms with Crippen LogP contribution in [0.2, 0.25) is 0 Å². The van der Waals surface area contributed by atoms with Crippen molar-refractivity contribution in [3.8, 4) is 0 Å². The largest absolute Gasteiger partial charge is 0.384 e. The van der Waals surface area contributed by atoms with E-state index in [1.807, 2.05) is 25.4 Å². The third-order valence-electron chi connectivity index (χ3n) is 5.71. The summed E-state index contributed by atoms with van der Waals surface area (Å²) in [5.41, 5.74) is 5.36. The number of methoxy groups -OCH3 is 1. The lowest BCUT2D eigenvalue weighted by atomic mass is 10.0. The van der Waals surface area contributed by atoms with Crippen LogP contribution < -0.4 is 0 Å². The minimum absolute atomic E-state index is 0.194. The fourth-order valence-electron chi connectivity index (χ4n) is 4.29. The number of halogens is 1. The van der Waals surface area contributed by atoms with Gasteiger partial charge >= 0.3 is 0 Å². The van der Waals surface area contributed by atoms with Crippen molar-refractivity contribution in [2.75, 3.05) is 20.3 Å². The van der Waals surface area contributed by atoms with Crippen LogP contribution in [0.15, 0.2) is 48.8 Å². The molecule has 5 nitrogen and oxygen atoms in total. The molecule has 1 aliphatic rings. The van der Waals surface area contributed by atoms with E-state index in [1.54, 1.807) is 19.2 Å². The van der Waals surface area contributed by atoms with Gasteiger partial charge in [0, 0.05) is 43.7 Å². The molecule has 2 aromatic heterocycles. The smallest absolute Gasteiger partial charge is 0.130 e. The van der Waals surface area contributed by atoms with E-state index in [4.69, 9.17) is 9.72 Å². The zero-order valence-corrected chi connectivity index (χ0v) is 18.2. The average molecular weight is 421 g/mol. The number of nitrogens with zero attached hydrogens (tertiary/aromatic N) is 4. The molecule has 1 saturated heterocycles. The number of hydrogen-bond acceptors (Lipinski definition) is 5. The summed E-state index contributed by atoms with van der Waals surface area (Å²) in [6.45, 7) is 4.50. The molecule has 162 valence electrons. The number of likely N-dealkylation sites (tertiary alicyclic amines) is 1. The lowest BCUT2D eigenvalue weighted by molar-refractivity contribution is 0.200. The number of aromatic nitrogens is 3. The first-order valence-electron chi connectivity index (χ1n) is 10.9. The Hall–Kier alpha value is -2.70. The topological polar surface area (TPSA) is 51.1 Å². The monoisotopic (exact) mass is 420 g/mol. The highest BCUT2D eigenvalue weighted by atomic mass is 19.1. The number of hydrogen-bond donors (Lipinski definition) is 0. The van der Waals surface area contributed by atoms with E-state index in [-0.39, 0.29) is 11.9 Å². The van der Waals surface area contributed by atoms with Crippen LogP contribution in [0, 0.1) is 12.7 Å². The molecule has 1 aromatic carbocycles. The van der Waals surface area contributed by atoms with Crippen LogP contribution in [0.3, 0.4) is 0 Å². The molecule has 3 aromatic rings. The highest BCUT2D eigenvalue weighted by Crippen LogP contribution is 2.33. The molecular weight excluding hydrogens is 391 g/mol. The second kappa shape index (κ2) is 10.1. The van der Waals surface area contributed by atoms with Crippen molar-refractivity contribution in [3.63, 3.8) is 0 Å². The van der Waals surface area contributed by atoms with E-state index in [2.05, 4.69) is 27.0 Å². The summed E-state index contributed by atoms with van der Waals surface area (Å²) in [5.74, 6) is 0.617. The molecule has 4 rings (SSSR count). The van der Waals surface area contributed by atoms with Gasteiger partial charge in [-0.3, -0.25) is 9.88 Å². The van der Waals surface area contributed by atoms with Gasteiger partial charge in [0.1, 0.15) is 11.6 Å². The first-order chi connectivity index (χ1) is 15.1. The fraction of sp³-hybridized carbons (Fsp3) is 0.400. The maximum atomic E-state index is 13.6. The van der Waals surface area contributed by atoms with Crippen molar-refractivity contribution < 1.29 is 9.13 Å². The maximum absolute atomic E-state index is 13.6. The van der Waals surface area contributed by atoms with Crippen molar-refractivity contribution in [2.24, 2.45) is 0 Å². The number of benzene rings is 1. The van der Waals surface area contributed by atoms with Gasteiger partial charge in [-0.25, -0.2) is 14.4 Å². The van der Waals surface area contributed by atoms with Gasteiger partial charge in [0.15, 0.2) is 0 Å². The summed E-state index contributed by atoms with van der Waals surface area (Å²) < 4.78 is 18.7. The van der Waals surface area contributed by atoms with Crippen LogP contribution in [0.4, 0.5) is 4.39 Å². The summed E-state index contributed by atoms with van der Waals surface area (Å²) in [6, 6.07) is 11.4. The molecule has 0 N–H and O–H groups in total. The number of ether oxygens (including phenoxy) is 1. The Balaban J connectivity index is 1.48. The van der Waals surface area contributed by atoms with Crippen LogP contribution in [0.25, 0.3) is 0 Å². The molecule has 0 unspecified atom stereocenters. The molecule has 0 spiro atoms. The third kappa shape index (κ3) is 5.71. The number of pyridine rings is 1. The quantitative estimate of drug-likeness (QED) is 0.539. The Morgan fingerprint density at radius 2 is 1.94 bits per heavy atom. The summed E-state index contributed by atoms with van der Waals surface area (Å²) >= 11 is 0. The van der Waals surface area contributed by atoms with E-state index in [0.29, 0.717) is 13.0 Å². The highest BCUT2D eigenvalue weighted by Gasteiger charge is 2.27. The highest BCUT2D eigenvalue weighted by molar-refractivity contribution is 5.30. The van der Waals surface area contributed by atoms with E-state index in [1.165, 1.54) is 11.6 Å². The summed E-state index contributed by atoms with van der Waals surface area (Å²) in [5, 5.41) is 0. The molecule has 1 aliphatic heterocycles. The fourth-order valence-corrected chi connectivity index (χ4v) is 4.29. The van der Waals surface area contributed by atoms with Crippen LogP contribution in [0.5, 0.6) is 0 Å². The summed E-state index contributed by atoms with van der Waals surface area (Å²) in [6.07, 6.45) is 7.51.